The quantitative estimate of drug-likeness (QED) is 0.891. The number of nitrogens with zero attached hydrogens (tertiary/aromatic N) is 2. The topological polar surface area (TPSA) is 46.9 Å². The van der Waals surface area contributed by atoms with E-state index in [1.165, 1.54) is 0 Å². The standard InChI is InChI=1S/C9H14BrN3O/c1-3-4-11-9(14)6-13-5-8(10)7(2)12-13/h5H,3-4,6H2,1-2H3,(H,11,14). The summed E-state index contributed by atoms with van der Waals surface area (Å²) in [6.45, 7) is 4.92. The van der Waals surface area contributed by atoms with Gasteiger partial charge in [-0.3, -0.25) is 9.48 Å². The first-order chi connectivity index (χ1) is 6.63. The van der Waals surface area contributed by atoms with Crippen LogP contribution in [0.5, 0.6) is 0 Å². The first-order valence-electron chi connectivity index (χ1n) is 4.59. The summed E-state index contributed by atoms with van der Waals surface area (Å²) in [5, 5.41) is 6.96. The van der Waals surface area contributed by atoms with Crippen LogP contribution in [-0.4, -0.2) is 22.2 Å². The molecular formula is C9H14BrN3O. The number of amides is 1. The zero-order valence-electron chi connectivity index (χ0n) is 8.38. The van der Waals surface area contributed by atoms with Crippen LogP contribution >= 0.6 is 15.9 Å². The van der Waals surface area contributed by atoms with Gasteiger partial charge in [0.2, 0.25) is 5.91 Å². The molecule has 5 heteroatoms. The van der Waals surface area contributed by atoms with Crippen molar-refractivity contribution in [1.29, 1.82) is 0 Å². The lowest BCUT2D eigenvalue weighted by molar-refractivity contribution is -0.121. The second-order valence-corrected chi connectivity index (χ2v) is 3.96. The van der Waals surface area contributed by atoms with Crippen molar-refractivity contribution in [3.05, 3.63) is 16.4 Å². The van der Waals surface area contributed by atoms with Crippen molar-refractivity contribution in [3.63, 3.8) is 0 Å². The Morgan fingerprint density at radius 1 is 1.71 bits per heavy atom. The molecule has 0 saturated heterocycles. The molecule has 0 saturated carbocycles. The van der Waals surface area contributed by atoms with E-state index in [4.69, 9.17) is 0 Å². The van der Waals surface area contributed by atoms with Gasteiger partial charge in [-0.1, -0.05) is 6.92 Å². The van der Waals surface area contributed by atoms with E-state index in [1.54, 1.807) is 10.9 Å². The van der Waals surface area contributed by atoms with Gasteiger partial charge in [0.15, 0.2) is 0 Å². The second kappa shape index (κ2) is 5.14. The summed E-state index contributed by atoms with van der Waals surface area (Å²) in [5.41, 5.74) is 0.897. The van der Waals surface area contributed by atoms with Gasteiger partial charge in [0.05, 0.1) is 10.2 Å². The Balaban J connectivity index is 2.48. The number of hydrogen-bond donors (Lipinski definition) is 1. The van der Waals surface area contributed by atoms with Gasteiger partial charge in [0.25, 0.3) is 0 Å². The van der Waals surface area contributed by atoms with Gasteiger partial charge in [0, 0.05) is 12.7 Å². The van der Waals surface area contributed by atoms with Crippen molar-refractivity contribution in [1.82, 2.24) is 15.1 Å². The fraction of sp³-hybridized carbons (Fsp3) is 0.556. The second-order valence-electron chi connectivity index (χ2n) is 3.11. The van der Waals surface area contributed by atoms with Crippen LogP contribution in [0.1, 0.15) is 19.0 Å². The lowest BCUT2D eigenvalue weighted by Gasteiger charge is -2.02. The van der Waals surface area contributed by atoms with Crippen molar-refractivity contribution in [2.75, 3.05) is 6.54 Å². The highest BCUT2D eigenvalue weighted by atomic mass is 79.9. The van der Waals surface area contributed by atoms with Crippen molar-refractivity contribution >= 4 is 21.8 Å². The summed E-state index contributed by atoms with van der Waals surface area (Å²) in [7, 11) is 0. The molecule has 0 unspecified atom stereocenters. The molecule has 4 nitrogen and oxygen atoms in total. The lowest BCUT2D eigenvalue weighted by atomic mass is 10.4. The summed E-state index contributed by atoms with van der Waals surface area (Å²) >= 11 is 3.34. The molecule has 1 heterocycles. The molecule has 78 valence electrons. The number of aryl methyl sites for hydroxylation is 1. The third kappa shape index (κ3) is 3.14. The Morgan fingerprint density at radius 2 is 2.43 bits per heavy atom. The molecule has 1 aromatic heterocycles. The van der Waals surface area contributed by atoms with Crippen LogP contribution in [0.2, 0.25) is 0 Å². The predicted molar refractivity (Wildman–Crippen MR) is 58.0 cm³/mol. The Kier molecular flexibility index (Phi) is 4.13. The summed E-state index contributed by atoms with van der Waals surface area (Å²) in [4.78, 5) is 11.3. The average Bonchev–Trinajstić information content (AvgIpc) is 2.42. The third-order valence-electron chi connectivity index (χ3n) is 1.76. The predicted octanol–water partition coefficient (Wildman–Crippen LogP) is 1.48. The number of nitrogens with one attached hydrogen (secondary N) is 1. The van der Waals surface area contributed by atoms with E-state index in [1.807, 2.05) is 13.8 Å². The van der Waals surface area contributed by atoms with Crippen molar-refractivity contribution in [2.45, 2.75) is 26.8 Å². The van der Waals surface area contributed by atoms with Crippen LogP contribution in [0.15, 0.2) is 10.7 Å². The van der Waals surface area contributed by atoms with E-state index in [-0.39, 0.29) is 12.5 Å². The van der Waals surface area contributed by atoms with Crippen LogP contribution < -0.4 is 5.32 Å². The molecule has 0 radical (unpaired) electrons. The highest BCUT2D eigenvalue weighted by Gasteiger charge is 2.05. The molecule has 1 rings (SSSR count). The smallest absolute Gasteiger partial charge is 0.241 e. The van der Waals surface area contributed by atoms with Crippen LogP contribution in [0.4, 0.5) is 0 Å². The first kappa shape index (κ1) is 11.2. The minimum atomic E-state index is 0.00171. The van der Waals surface area contributed by atoms with Gasteiger partial charge in [-0.05, 0) is 29.3 Å². The van der Waals surface area contributed by atoms with Crippen LogP contribution in [-0.2, 0) is 11.3 Å². The van der Waals surface area contributed by atoms with Crippen LogP contribution in [0.25, 0.3) is 0 Å². The van der Waals surface area contributed by atoms with Gasteiger partial charge in [0.1, 0.15) is 6.54 Å². The summed E-state index contributed by atoms with van der Waals surface area (Å²) in [6.07, 6.45) is 2.76. The third-order valence-corrected chi connectivity index (χ3v) is 2.54. The van der Waals surface area contributed by atoms with Crippen molar-refractivity contribution in [2.24, 2.45) is 0 Å². The molecule has 14 heavy (non-hydrogen) atoms. The Bertz CT molecular complexity index is 302. The number of rotatable bonds is 4. The fourth-order valence-electron chi connectivity index (χ4n) is 1.04. The minimum absolute atomic E-state index is 0.00171. The molecule has 1 amide bonds. The molecule has 1 N–H and O–H groups in total. The van der Waals surface area contributed by atoms with Crippen molar-refractivity contribution in [3.8, 4) is 0 Å². The molecule has 0 bridgehead atoms. The molecule has 1 aromatic rings. The zero-order chi connectivity index (χ0) is 10.6. The highest BCUT2D eigenvalue weighted by molar-refractivity contribution is 9.10. The van der Waals surface area contributed by atoms with Gasteiger partial charge in [-0.25, -0.2) is 0 Å². The molecule has 0 aliphatic carbocycles. The molecule has 0 aliphatic rings. The van der Waals surface area contributed by atoms with Gasteiger partial charge in [-0.15, -0.1) is 0 Å². The lowest BCUT2D eigenvalue weighted by Crippen LogP contribution is -2.28. The van der Waals surface area contributed by atoms with E-state index in [0.717, 1.165) is 23.1 Å². The summed E-state index contributed by atoms with van der Waals surface area (Å²) in [5.74, 6) is 0.00171. The van der Waals surface area contributed by atoms with E-state index in [2.05, 4.69) is 26.3 Å². The number of hydrogen-bond acceptors (Lipinski definition) is 2. The van der Waals surface area contributed by atoms with Gasteiger partial charge >= 0.3 is 0 Å². The molecule has 0 fully saturated rings. The van der Waals surface area contributed by atoms with E-state index >= 15 is 0 Å². The maximum atomic E-state index is 11.3. The number of aromatic nitrogens is 2. The average molecular weight is 260 g/mol. The molecule has 0 atom stereocenters. The van der Waals surface area contributed by atoms with Crippen LogP contribution in [0, 0.1) is 6.92 Å². The van der Waals surface area contributed by atoms with E-state index in [9.17, 15) is 4.79 Å². The fourth-order valence-corrected chi connectivity index (χ4v) is 1.36. The Hall–Kier alpha value is -0.840. The van der Waals surface area contributed by atoms with E-state index < -0.39 is 0 Å². The summed E-state index contributed by atoms with van der Waals surface area (Å²) in [6, 6.07) is 0. The number of carbonyl (C=O) groups is 1. The molecule has 0 aromatic carbocycles. The Labute approximate surface area is 91.8 Å². The number of carbonyl (C=O) groups excluding carboxylic acids is 1. The van der Waals surface area contributed by atoms with Crippen molar-refractivity contribution < 1.29 is 4.79 Å². The molecule has 0 spiro atoms. The van der Waals surface area contributed by atoms with Gasteiger partial charge in [-0.2, -0.15) is 5.10 Å². The van der Waals surface area contributed by atoms with Crippen LogP contribution in [0.3, 0.4) is 0 Å². The largest absolute Gasteiger partial charge is 0.355 e. The first-order valence-corrected chi connectivity index (χ1v) is 5.39. The maximum Gasteiger partial charge on any atom is 0.241 e. The molecule has 0 aliphatic heterocycles. The van der Waals surface area contributed by atoms with E-state index in [0.29, 0.717) is 0 Å². The number of halogens is 1. The summed E-state index contributed by atoms with van der Waals surface area (Å²) < 4.78 is 2.56. The minimum Gasteiger partial charge on any atom is -0.355 e. The normalized spacial score (nSPS) is 10.2. The highest BCUT2D eigenvalue weighted by Crippen LogP contribution is 2.12. The maximum absolute atomic E-state index is 11.3. The van der Waals surface area contributed by atoms with Gasteiger partial charge < -0.3 is 5.32 Å². The molecular weight excluding hydrogens is 246 g/mol. The SMILES string of the molecule is CCCNC(=O)Cn1cc(Br)c(C)n1. The monoisotopic (exact) mass is 259 g/mol. The zero-order valence-corrected chi connectivity index (χ0v) is 9.97. The Morgan fingerprint density at radius 3 is 2.93 bits per heavy atom.